The van der Waals surface area contributed by atoms with Gasteiger partial charge in [-0.15, -0.1) is 11.3 Å². The van der Waals surface area contributed by atoms with Crippen LogP contribution in [-0.4, -0.2) is 65.5 Å². The van der Waals surface area contributed by atoms with Gasteiger partial charge in [0.1, 0.15) is 10.8 Å². The minimum atomic E-state index is -0.550. The molecule has 0 spiro atoms. The minimum Gasteiger partial charge on any atom is -0.497 e. The molecule has 0 fully saturated rings. The number of amides is 2. The number of thiophene rings is 1. The second kappa shape index (κ2) is 14.0. The van der Waals surface area contributed by atoms with E-state index >= 15 is 0 Å². The lowest BCUT2D eigenvalue weighted by Crippen LogP contribution is -2.35. The molecule has 1 aromatic heterocycles. The van der Waals surface area contributed by atoms with Crippen molar-refractivity contribution in [3.05, 3.63) is 81.2 Å². The number of methoxy groups -OCH3 is 1. The van der Waals surface area contributed by atoms with Crippen molar-refractivity contribution in [2.75, 3.05) is 25.5 Å². The van der Waals surface area contributed by atoms with Gasteiger partial charge in [-0.1, -0.05) is 12.1 Å². The molecule has 3 rings (SSSR count). The summed E-state index contributed by atoms with van der Waals surface area (Å²) in [5, 5.41) is 27.0. The fourth-order valence-electron chi connectivity index (χ4n) is 4.10. The van der Waals surface area contributed by atoms with Crippen LogP contribution < -0.4 is 15.5 Å². The van der Waals surface area contributed by atoms with Gasteiger partial charge in [0.2, 0.25) is 0 Å². The Bertz CT molecular complexity index is 1290. The van der Waals surface area contributed by atoms with E-state index in [-0.39, 0.29) is 5.91 Å². The van der Waals surface area contributed by atoms with Crippen molar-refractivity contribution in [1.29, 1.82) is 0 Å². The standard InChI is InChI=1S/C29H36N4O5S/c1-18(34)15-33(16-19(2)35)17-23-7-6-8-24(13-23)27(36)31-29-26(20(3)21(4)39-29)28(37)32-30-14-22-9-11-25(38-5)12-10-22/h6-14,18-19,34-35H,15-17H2,1-5H3,(H,31,36)(H,32,37)/b30-14+. The number of rotatable bonds is 12. The number of anilines is 1. The molecule has 0 bridgehead atoms. The van der Waals surface area contributed by atoms with E-state index < -0.39 is 18.1 Å². The molecule has 9 nitrogen and oxygen atoms in total. The van der Waals surface area contributed by atoms with Crippen molar-refractivity contribution in [3.63, 3.8) is 0 Å². The first-order valence-electron chi connectivity index (χ1n) is 12.6. The number of aliphatic hydroxyl groups is 2. The molecule has 0 aliphatic heterocycles. The summed E-state index contributed by atoms with van der Waals surface area (Å²) in [6.45, 7) is 8.39. The predicted octanol–water partition coefficient (Wildman–Crippen LogP) is 3.95. The highest BCUT2D eigenvalue weighted by Crippen LogP contribution is 2.33. The van der Waals surface area contributed by atoms with Gasteiger partial charge in [0.05, 0.1) is 31.1 Å². The van der Waals surface area contributed by atoms with Crippen molar-refractivity contribution in [1.82, 2.24) is 10.3 Å². The number of carbonyl (C=O) groups excluding carboxylic acids is 2. The SMILES string of the molecule is COc1ccc(/C=N/NC(=O)c2c(NC(=O)c3cccc(CN(CC(C)O)CC(C)O)c3)sc(C)c2C)cc1. The lowest BCUT2D eigenvalue weighted by atomic mass is 10.1. The van der Waals surface area contributed by atoms with Gasteiger partial charge in [0.25, 0.3) is 11.8 Å². The van der Waals surface area contributed by atoms with E-state index in [9.17, 15) is 19.8 Å². The van der Waals surface area contributed by atoms with Crippen LogP contribution >= 0.6 is 11.3 Å². The maximum atomic E-state index is 13.2. The monoisotopic (exact) mass is 552 g/mol. The molecule has 2 unspecified atom stereocenters. The Morgan fingerprint density at radius 3 is 2.33 bits per heavy atom. The molecule has 1 heterocycles. The first-order chi connectivity index (χ1) is 18.6. The Morgan fingerprint density at radius 2 is 1.72 bits per heavy atom. The van der Waals surface area contributed by atoms with Gasteiger partial charge in [0, 0.05) is 30.1 Å². The molecule has 10 heteroatoms. The van der Waals surface area contributed by atoms with Gasteiger partial charge >= 0.3 is 0 Å². The number of aryl methyl sites for hydroxylation is 1. The van der Waals surface area contributed by atoms with Gasteiger partial charge in [-0.3, -0.25) is 14.5 Å². The molecule has 3 aromatic rings. The third-order valence-electron chi connectivity index (χ3n) is 5.98. The lowest BCUT2D eigenvalue weighted by molar-refractivity contribution is 0.0793. The normalized spacial score (nSPS) is 12.9. The van der Waals surface area contributed by atoms with Gasteiger partial charge in [0.15, 0.2) is 0 Å². The molecular weight excluding hydrogens is 516 g/mol. The van der Waals surface area contributed by atoms with Gasteiger partial charge < -0.3 is 20.3 Å². The summed E-state index contributed by atoms with van der Waals surface area (Å²) in [6, 6.07) is 14.4. The number of nitrogens with one attached hydrogen (secondary N) is 2. The maximum absolute atomic E-state index is 13.2. The summed E-state index contributed by atoms with van der Waals surface area (Å²) in [5.74, 6) is -0.0349. The molecule has 0 saturated carbocycles. The fourth-order valence-corrected chi connectivity index (χ4v) is 5.15. The van der Waals surface area contributed by atoms with Crippen LogP contribution in [0.25, 0.3) is 0 Å². The Balaban J connectivity index is 1.72. The Kier molecular flexibility index (Phi) is 10.8. The number of nitrogens with zero attached hydrogens (tertiary/aromatic N) is 2. The van der Waals surface area contributed by atoms with E-state index in [1.54, 1.807) is 51.3 Å². The molecule has 2 atom stereocenters. The smallest absolute Gasteiger partial charge is 0.274 e. The molecule has 208 valence electrons. The van der Waals surface area contributed by atoms with Crippen LogP contribution in [0.4, 0.5) is 5.00 Å². The average molecular weight is 553 g/mol. The quantitative estimate of drug-likeness (QED) is 0.199. The molecule has 4 N–H and O–H groups in total. The predicted molar refractivity (Wildman–Crippen MR) is 155 cm³/mol. The lowest BCUT2D eigenvalue weighted by Gasteiger charge is -2.25. The molecule has 39 heavy (non-hydrogen) atoms. The summed E-state index contributed by atoms with van der Waals surface area (Å²) < 4.78 is 5.14. The molecule has 0 radical (unpaired) electrons. The molecule has 0 saturated heterocycles. The van der Waals surface area contributed by atoms with Crippen LogP contribution in [0.1, 0.15) is 56.1 Å². The van der Waals surface area contributed by atoms with E-state index in [1.807, 2.05) is 36.9 Å². The van der Waals surface area contributed by atoms with Crippen LogP contribution in [-0.2, 0) is 6.54 Å². The average Bonchev–Trinajstić information content (AvgIpc) is 3.16. The summed E-state index contributed by atoms with van der Waals surface area (Å²) >= 11 is 1.33. The van der Waals surface area contributed by atoms with Crippen LogP contribution in [0.2, 0.25) is 0 Å². The highest BCUT2D eigenvalue weighted by molar-refractivity contribution is 7.16. The summed E-state index contributed by atoms with van der Waals surface area (Å²) in [7, 11) is 1.59. The van der Waals surface area contributed by atoms with E-state index in [0.29, 0.717) is 35.8 Å². The van der Waals surface area contributed by atoms with Gasteiger partial charge in [-0.2, -0.15) is 5.10 Å². The Labute approximate surface area is 233 Å². The molecule has 0 aliphatic rings. The van der Waals surface area contributed by atoms with Crippen LogP contribution in [0.5, 0.6) is 5.75 Å². The zero-order chi connectivity index (χ0) is 28.5. The van der Waals surface area contributed by atoms with Crippen LogP contribution in [0.15, 0.2) is 53.6 Å². The van der Waals surface area contributed by atoms with Crippen molar-refractivity contribution in [3.8, 4) is 5.75 Å². The van der Waals surface area contributed by atoms with Crippen molar-refractivity contribution >= 4 is 34.4 Å². The van der Waals surface area contributed by atoms with E-state index in [0.717, 1.165) is 27.3 Å². The summed E-state index contributed by atoms with van der Waals surface area (Å²) in [5.41, 5.74) is 5.80. The third kappa shape index (κ3) is 8.72. The second-order valence-corrected chi connectivity index (χ2v) is 10.7. The van der Waals surface area contributed by atoms with Gasteiger partial charge in [-0.05, 0) is 80.8 Å². The third-order valence-corrected chi connectivity index (χ3v) is 7.10. The number of aliphatic hydroxyl groups excluding tert-OH is 2. The van der Waals surface area contributed by atoms with Gasteiger partial charge in [-0.25, -0.2) is 5.43 Å². The number of hydrazone groups is 1. The number of benzene rings is 2. The molecule has 2 amide bonds. The van der Waals surface area contributed by atoms with Crippen LogP contribution in [0, 0.1) is 13.8 Å². The topological polar surface area (TPSA) is 123 Å². The number of hydrogen-bond acceptors (Lipinski definition) is 8. The highest BCUT2D eigenvalue weighted by atomic mass is 32.1. The largest absolute Gasteiger partial charge is 0.497 e. The van der Waals surface area contributed by atoms with E-state index in [4.69, 9.17) is 4.74 Å². The van der Waals surface area contributed by atoms with Crippen molar-refractivity contribution < 1.29 is 24.5 Å². The number of ether oxygens (including phenoxy) is 1. The van der Waals surface area contributed by atoms with E-state index in [2.05, 4.69) is 15.8 Å². The second-order valence-electron chi connectivity index (χ2n) is 9.51. The summed E-state index contributed by atoms with van der Waals surface area (Å²) in [6.07, 6.45) is 0.435. The Morgan fingerprint density at radius 1 is 1.05 bits per heavy atom. The first-order valence-corrected chi connectivity index (χ1v) is 13.4. The zero-order valence-electron chi connectivity index (χ0n) is 22.9. The van der Waals surface area contributed by atoms with Crippen LogP contribution in [0.3, 0.4) is 0 Å². The number of carbonyl (C=O) groups is 2. The molecule has 0 aliphatic carbocycles. The minimum absolute atomic E-state index is 0.341. The maximum Gasteiger partial charge on any atom is 0.274 e. The zero-order valence-corrected chi connectivity index (χ0v) is 23.7. The summed E-state index contributed by atoms with van der Waals surface area (Å²) in [4.78, 5) is 29.1. The van der Waals surface area contributed by atoms with E-state index in [1.165, 1.54) is 17.6 Å². The molecule has 2 aromatic carbocycles. The van der Waals surface area contributed by atoms with Crippen molar-refractivity contribution in [2.24, 2.45) is 5.10 Å². The molecular formula is C29H36N4O5S. The Hall–Kier alpha value is -3.57. The fraction of sp³-hybridized carbons (Fsp3) is 0.345. The van der Waals surface area contributed by atoms with Crippen molar-refractivity contribution in [2.45, 2.75) is 46.4 Å². The number of hydrogen-bond donors (Lipinski definition) is 4. The highest BCUT2D eigenvalue weighted by Gasteiger charge is 2.22. The first kappa shape index (κ1) is 30.0.